The van der Waals surface area contributed by atoms with Crippen molar-refractivity contribution in [3.63, 3.8) is 0 Å². The van der Waals surface area contributed by atoms with Gasteiger partial charge in [-0.3, -0.25) is 4.79 Å². The van der Waals surface area contributed by atoms with Crippen molar-refractivity contribution in [3.8, 4) is 5.75 Å². The van der Waals surface area contributed by atoms with E-state index in [0.29, 0.717) is 12.6 Å². The second kappa shape index (κ2) is 6.77. The van der Waals surface area contributed by atoms with E-state index in [4.69, 9.17) is 11.6 Å². The van der Waals surface area contributed by atoms with Crippen molar-refractivity contribution >= 4 is 23.5 Å². The van der Waals surface area contributed by atoms with Crippen LogP contribution in [0.5, 0.6) is 5.75 Å². The second-order valence-corrected chi connectivity index (χ2v) is 4.02. The van der Waals surface area contributed by atoms with Gasteiger partial charge >= 0.3 is 0 Å². The molecule has 0 spiro atoms. The smallest absolute Gasteiger partial charge is 0.153 e. The third kappa shape index (κ3) is 3.86. The van der Waals surface area contributed by atoms with Crippen LogP contribution in [-0.2, 0) is 0 Å². The van der Waals surface area contributed by atoms with Gasteiger partial charge < -0.3 is 5.11 Å². The zero-order chi connectivity index (χ0) is 13.5. The van der Waals surface area contributed by atoms with E-state index in [1.54, 1.807) is 24.3 Å². The average molecular weight is 267 g/mol. The zero-order valence-electron chi connectivity index (χ0n) is 9.73. The van der Waals surface area contributed by atoms with Gasteiger partial charge in [-0.15, -0.1) is 0 Å². The van der Waals surface area contributed by atoms with Crippen LogP contribution in [0.2, 0.25) is 0 Å². The number of benzene rings is 1. The number of carbonyl (C=O) groups excluding carboxylic acids is 1. The minimum atomic E-state index is -0.0597. The first-order chi connectivity index (χ1) is 8.58. The first kappa shape index (κ1) is 14.2. The molecular weight excluding hydrogens is 255 g/mol. The van der Waals surface area contributed by atoms with Crippen LogP contribution in [0.25, 0.3) is 5.57 Å². The molecule has 18 heavy (non-hydrogen) atoms. The fourth-order valence-electron chi connectivity index (χ4n) is 1.31. The van der Waals surface area contributed by atoms with Crippen molar-refractivity contribution in [1.82, 2.24) is 0 Å². The van der Waals surface area contributed by atoms with Crippen LogP contribution in [0.15, 0.2) is 47.8 Å². The number of rotatable bonds is 4. The first-order valence-electron chi connectivity index (χ1n) is 5.18. The van der Waals surface area contributed by atoms with Crippen LogP contribution in [-0.4, -0.2) is 11.4 Å². The molecule has 0 unspecified atom stereocenters. The van der Waals surface area contributed by atoms with Gasteiger partial charge in [0.2, 0.25) is 0 Å². The maximum atomic E-state index is 11.8. The first-order valence-corrected chi connectivity index (χ1v) is 5.55. The van der Waals surface area contributed by atoms with Crippen molar-refractivity contribution < 1.29 is 14.3 Å². The maximum absolute atomic E-state index is 11.8. The molecule has 0 radical (unpaired) electrons. The number of hydrogen-bond donors (Lipinski definition) is 1. The Labute approximate surface area is 110 Å². The molecule has 0 aromatic heterocycles. The number of allylic oxidation sites excluding steroid dienone is 5. The Balaban J connectivity index is 3.03. The molecule has 94 valence electrons. The highest BCUT2D eigenvalue weighted by atomic mass is 35.5. The molecule has 1 aromatic rings. The summed E-state index contributed by atoms with van der Waals surface area (Å²) < 4.78 is 11.8. The van der Waals surface area contributed by atoms with Gasteiger partial charge in [0, 0.05) is 5.03 Å². The van der Waals surface area contributed by atoms with Gasteiger partial charge in [0.05, 0.1) is 11.9 Å². The van der Waals surface area contributed by atoms with Crippen molar-refractivity contribution in [1.29, 1.82) is 0 Å². The Kier molecular flexibility index (Phi) is 5.33. The summed E-state index contributed by atoms with van der Waals surface area (Å²) in [7, 11) is 0. The minimum absolute atomic E-state index is 0.0597. The van der Waals surface area contributed by atoms with Crippen molar-refractivity contribution in [3.05, 3.63) is 58.9 Å². The molecule has 0 atom stereocenters. The molecule has 1 rings (SSSR count). The van der Waals surface area contributed by atoms with Gasteiger partial charge in [-0.2, -0.15) is 0 Å². The van der Waals surface area contributed by atoms with Crippen LogP contribution in [0.3, 0.4) is 0 Å². The van der Waals surface area contributed by atoms with E-state index in [-0.39, 0.29) is 16.3 Å². The summed E-state index contributed by atoms with van der Waals surface area (Å²) in [5, 5.41) is 9.63. The Bertz CT molecular complexity index is 531. The molecule has 0 heterocycles. The quantitative estimate of drug-likeness (QED) is 0.655. The van der Waals surface area contributed by atoms with Gasteiger partial charge in [-0.05, 0) is 42.3 Å². The van der Waals surface area contributed by atoms with Gasteiger partial charge in [0.25, 0.3) is 0 Å². The molecule has 2 nitrogen and oxygen atoms in total. The van der Waals surface area contributed by atoms with Crippen LogP contribution < -0.4 is 0 Å². The van der Waals surface area contributed by atoms with Crippen LogP contribution in [0.1, 0.15) is 22.8 Å². The van der Waals surface area contributed by atoms with E-state index < -0.39 is 0 Å². The number of aromatic hydroxyl groups is 1. The largest absolute Gasteiger partial charge is 0.507 e. The molecule has 0 bridgehead atoms. The Morgan fingerprint density at radius 3 is 2.72 bits per heavy atom. The van der Waals surface area contributed by atoms with Gasteiger partial charge in [0.15, 0.2) is 6.29 Å². The normalized spacial score (nSPS) is 13.1. The lowest BCUT2D eigenvalue weighted by atomic mass is 10.0. The molecule has 0 aliphatic rings. The van der Waals surface area contributed by atoms with E-state index in [0.717, 1.165) is 17.2 Å². The van der Waals surface area contributed by atoms with Crippen LogP contribution in [0, 0.1) is 0 Å². The standard InChI is InChI=1S/C14H12ClFO2/c1-10(2-4-13(15)6-7-16)11-3-5-14(18)12(8-11)9-17/h2-9,18H,1H3. The van der Waals surface area contributed by atoms with Gasteiger partial charge in [-0.25, -0.2) is 4.39 Å². The van der Waals surface area contributed by atoms with Gasteiger partial charge in [-0.1, -0.05) is 23.7 Å². The fraction of sp³-hybridized carbons (Fsp3) is 0.0714. The van der Waals surface area contributed by atoms with Crippen LogP contribution in [0.4, 0.5) is 4.39 Å². The molecule has 4 heteroatoms. The molecule has 0 fully saturated rings. The lowest BCUT2D eigenvalue weighted by molar-refractivity contribution is 0.112. The molecular formula is C14H12ClFO2. The monoisotopic (exact) mass is 266 g/mol. The predicted octanol–water partition coefficient (Wildman–Crippen LogP) is 4.21. The number of halogens is 2. The second-order valence-electron chi connectivity index (χ2n) is 3.59. The fourth-order valence-corrected chi connectivity index (χ4v) is 1.42. The highest BCUT2D eigenvalue weighted by Crippen LogP contribution is 2.22. The van der Waals surface area contributed by atoms with E-state index in [2.05, 4.69) is 0 Å². The van der Waals surface area contributed by atoms with Crippen molar-refractivity contribution in [2.45, 2.75) is 6.92 Å². The number of phenolic OH excluding ortho intramolecular Hbond substituents is 1. The molecule has 0 saturated carbocycles. The number of hydrogen-bond acceptors (Lipinski definition) is 2. The van der Waals surface area contributed by atoms with Gasteiger partial charge in [0.1, 0.15) is 5.75 Å². The highest BCUT2D eigenvalue weighted by molar-refractivity contribution is 6.31. The summed E-state index contributed by atoms with van der Waals surface area (Å²) in [4.78, 5) is 10.7. The molecule has 0 aliphatic carbocycles. The molecule has 0 saturated heterocycles. The minimum Gasteiger partial charge on any atom is -0.507 e. The predicted molar refractivity (Wildman–Crippen MR) is 71.3 cm³/mol. The third-order valence-electron chi connectivity index (χ3n) is 2.32. The Hall–Kier alpha value is -1.87. The summed E-state index contributed by atoms with van der Waals surface area (Å²) in [5.74, 6) is -0.0597. The van der Waals surface area contributed by atoms with E-state index >= 15 is 0 Å². The Morgan fingerprint density at radius 2 is 2.11 bits per heavy atom. The highest BCUT2D eigenvalue weighted by Gasteiger charge is 2.02. The summed E-state index contributed by atoms with van der Waals surface area (Å²) in [6, 6.07) is 4.70. The third-order valence-corrected chi connectivity index (χ3v) is 2.58. The summed E-state index contributed by atoms with van der Waals surface area (Å²) in [6.45, 7) is 1.82. The number of aldehydes is 1. The molecule has 0 amide bonds. The van der Waals surface area contributed by atoms with Crippen molar-refractivity contribution in [2.75, 3.05) is 0 Å². The Morgan fingerprint density at radius 1 is 1.39 bits per heavy atom. The van der Waals surface area contributed by atoms with E-state index in [1.165, 1.54) is 6.07 Å². The summed E-state index contributed by atoms with van der Waals surface area (Å²) >= 11 is 5.69. The van der Waals surface area contributed by atoms with Crippen molar-refractivity contribution in [2.24, 2.45) is 0 Å². The molecule has 0 aliphatic heterocycles. The lowest BCUT2D eigenvalue weighted by Crippen LogP contribution is -1.85. The lowest BCUT2D eigenvalue weighted by Gasteiger charge is -2.03. The SMILES string of the molecule is CC(=CC=C(Cl)C=CF)c1ccc(O)c(C=O)c1. The number of phenols is 1. The maximum Gasteiger partial charge on any atom is 0.153 e. The molecule has 1 N–H and O–H groups in total. The zero-order valence-corrected chi connectivity index (χ0v) is 10.5. The number of carbonyl (C=O) groups is 1. The van der Waals surface area contributed by atoms with E-state index in [1.807, 2.05) is 6.92 Å². The van der Waals surface area contributed by atoms with E-state index in [9.17, 15) is 14.3 Å². The summed E-state index contributed by atoms with van der Waals surface area (Å²) in [5.41, 5.74) is 1.84. The summed E-state index contributed by atoms with van der Waals surface area (Å²) in [6.07, 6.45) is 5.30. The topological polar surface area (TPSA) is 37.3 Å². The van der Waals surface area contributed by atoms with Crippen LogP contribution >= 0.6 is 11.6 Å². The average Bonchev–Trinajstić information content (AvgIpc) is 2.37. The molecule has 1 aromatic carbocycles.